The highest BCUT2D eigenvalue weighted by Crippen LogP contribution is 2.37. The van der Waals surface area contributed by atoms with E-state index in [0.717, 1.165) is 11.1 Å². The summed E-state index contributed by atoms with van der Waals surface area (Å²) in [5.74, 6) is 1.52. The molecule has 2 aliphatic rings. The van der Waals surface area contributed by atoms with Crippen LogP contribution in [-0.4, -0.2) is 40.5 Å². The van der Waals surface area contributed by atoms with Gasteiger partial charge in [-0.15, -0.1) is 0 Å². The molecule has 2 aliphatic heterocycles. The Morgan fingerprint density at radius 3 is 2.75 bits per heavy atom. The van der Waals surface area contributed by atoms with Crippen LogP contribution in [0.15, 0.2) is 59.1 Å². The largest absolute Gasteiger partial charge is 0.454 e. The third-order valence-corrected chi connectivity index (χ3v) is 5.11. The number of hydrogen-bond donors (Lipinski definition) is 1. The predicted molar refractivity (Wildman–Crippen MR) is 98.9 cm³/mol. The first-order valence-corrected chi connectivity index (χ1v) is 9.10. The Labute approximate surface area is 161 Å². The van der Waals surface area contributed by atoms with Crippen LogP contribution in [0.2, 0.25) is 0 Å². The lowest BCUT2D eigenvalue weighted by atomic mass is 10.0. The molecule has 1 saturated heterocycles. The van der Waals surface area contributed by atoms with Crippen LogP contribution in [0, 0.1) is 0 Å². The molecular formula is C21H18N2O5. The number of β-amino-alcohol motifs (C(OH)–C–C–N with tert-alkyl or cyclic N) is 1. The fourth-order valence-corrected chi connectivity index (χ4v) is 3.74. The van der Waals surface area contributed by atoms with E-state index >= 15 is 0 Å². The first kappa shape index (κ1) is 16.8. The molecule has 1 fully saturated rings. The Morgan fingerprint density at radius 2 is 1.89 bits per heavy atom. The molecule has 0 spiro atoms. The van der Waals surface area contributed by atoms with E-state index in [-0.39, 0.29) is 31.0 Å². The monoisotopic (exact) mass is 378 g/mol. The van der Waals surface area contributed by atoms with Crippen molar-refractivity contribution in [2.75, 3.05) is 13.3 Å². The number of likely N-dealkylation sites (tertiary alicyclic amines) is 1. The van der Waals surface area contributed by atoms with Crippen molar-refractivity contribution in [1.29, 1.82) is 0 Å². The zero-order chi connectivity index (χ0) is 19.1. The Balaban J connectivity index is 1.41. The SMILES string of the molecule is O=C(c1cc(-c2ccc3c(c2)OCO3)on1)N1C[C@H](O)C[C@H]1c1ccccc1. The molecule has 2 atom stereocenters. The molecule has 0 aliphatic carbocycles. The van der Waals surface area contributed by atoms with Crippen molar-refractivity contribution in [3.63, 3.8) is 0 Å². The van der Waals surface area contributed by atoms with E-state index < -0.39 is 6.10 Å². The normalized spacial score (nSPS) is 20.5. The second kappa shape index (κ2) is 6.69. The topological polar surface area (TPSA) is 85.0 Å². The molecule has 2 aromatic carbocycles. The van der Waals surface area contributed by atoms with E-state index in [1.54, 1.807) is 23.1 Å². The lowest BCUT2D eigenvalue weighted by Crippen LogP contribution is -2.32. The van der Waals surface area contributed by atoms with Crippen LogP contribution in [0.3, 0.4) is 0 Å². The van der Waals surface area contributed by atoms with Crippen molar-refractivity contribution in [1.82, 2.24) is 10.1 Å². The van der Waals surface area contributed by atoms with E-state index in [9.17, 15) is 9.90 Å². The van der Waals surface area contributed by atoms with Crippen molar-refractivity contribution in [3.05, 3.63) is 65.9 Å². The van der Waals surface area contributed by atoms with E-state index in [1.807, 2.05) is 36.4 Å². The van der Waals surface area contributed by atoms with Gasteiger partial charge in [0.2, 0.25) is 6.79 Å². The fraction of sp³-hybridized carbons (Fsp3) is 0.238. The Kier molecular flexibility index (Phi) is 4.02. The zero-order valence-electron chi connectivity index (χ0n) is 14.9. The number of aromatic nitrogens is 1. The Hall–Kier alpha value is -3.32. The number of carbonyl (C=O) groups excluding carboxylic acids is 1. The van der Waals surface area contributed by atoms with Crippen LogP contribution in [0.1, 0.15) is 28.5 Å². The Bertz CT molecular complexity index is 1020. The summed E-state index contributed by atoms with van der Waals surface area (Å²) in [5.41, 5.74) is 1.95. The molecule has 7 nitrogen and oxygen atoms in total. The highest BCUT2D eigenvalue weighted by Gasteiger charge is 2.36. The summed E-state index contributed by atoms with van der Waals surface area (Å²) in [4.78, 5) is 14.7. The minimum Gasteiger partial charge on any atom is -0.454 e. The van der Waals surface area contributed by atoms with Gasteiger partial charge in [0.15, 0.2) is 23.0 Å². The number of nitrogens with zero attached hydrogens (tertiary/aromatic N) is 2. The third-order valence-electron chi connectivity index (χ3n) is 5.11. The number of ether oxygens (including phenoxy) is 2. The highest BCUT2D eigenvalue weighted by atomic mass is 16.7. The minimum atomic E-state index is -0.561. The molecule has 7 heteroatoms. The smallest absolute Gasteiger partial charge is 0.276 e. The maximum Gasteiger partial charge on any atom is 0.276 e. The van der Waals surface area contributed by atoms with Crippen molar-refractivity contribution >= 4 is 5.91 Å². The van der Waals surface area contributed by atoms with E-state index in [1.165, 1.54) is 0 Å². The molecule has 5 rings (SSSR count). The van der Waals surface area contributed by atoms with E-state index in [0.29, 0.717) is 23.7 Å². The summed E-state index contributed by atoms with van der Waals surface area (Å²) in [5, 5.41) is 14.1. The molecule has 0 saturated carbocycles. The van der Waals surface area contributed by atoms with Gasteiger partial charge in [-0.2, -0.15) is 0 Å². The number of aliphatic hydroxyl groups is 1. The molecule has 3 aromatic rings. The average Bonchev–Trinajstić information content (AvgIpc) is 3.46. The molecule has 3 heterocycles. The molecule has 0 radical (unpaired) electrons. The summed E-state index contributed by atoms with van der Waals surface area (Å²) < 4.78 is 16.1. The van der Waals surface area contributed by atoms with E-state index in [2.05, 4.69) is 5.16 Å². The minimum absolute atomic E-state index is 0.186. The first-order chi connectivity index (χ1) is 13.7. The van der Waals surface area contributed by atoms with Crippen LogP contribution in [-0.2, 0) is 0 Å². The van der Waals surface area contributed by atoms with Crippen LogP contribution in [0.25, 0.3) is 11.3 Å². The quantitative estimate of drug-likeness (QED) is 0.754. The van der Waals surface area contributed by atoms with Gasteiger partial charge in [-0.1, -0.05) is 35.5 Å². The Morgan fingerprint density at radius 1 is 1.07 bits per heavy atom. The lowest BCUT2D eigenvalue weighted by Gasteiger charge is -2.23. The molecule has 0 unspecified atom stereocenters. The van der Waals surface area contributed by atoms with Crippen molar-refractivity contribution in [2.24, 2.45) is 0 Å². The van der Waals surface area contributed by atoms with Crippen LogP contribution in [0.5, 0.6) is 11.5 Å². The first-order valence-electron chi connectivity index (χ1n) is 9.10. The molecule has 1 amide bonds. The van der Waals surface area contributed by atoms with Crippen LogP contribution >= 0.6 is 0 Å². The summed E-state index contributed by atoms with van der Waals surface area (Å²) in [6.45, 7) is 0.460. The molecule has 0 bridgehead atoms. The average molecular weight is 378 g/mol. The van der Waals surface area contributed by atoms with Crippen LogP contribution in [0.4, 0.5) is 0 Å². The van der Waals surface area contributed by atoms with Gasteiger partial charge in [0.25, 0.3) is 5.91 Å². The predicted octanol–water partition coefficient (Wildman–Crippen LogP) is 3.02. The molecule has 1 N–H and O–H groups in total. The van der Waals surface area contributed by atoms with Gasteiger partial charge < -0.3 is 24.0 Å². The summed E-state index contributed by atoms with van der Waals surface area (Å²) in [6.07, 6.45) is -0.0582. The van der Waals surface area contributed by atoms with Gasteiger partial charge in [0.05, 0.1) is 12.1 Å². The number of aliphatic hydroxyl groups excluding tert-OH is 1. The second-order valence-electron chi connectivity index (χ2n) is 6.92. The zero-order valence-corrected chi connectivity index (χ0v) is 14.9. The number of benzene rings is 2. The molecule has 28 heavy (non-hydrogen) atoms. The van der Waals surface area contributed by atoms with Crippen molar-refractivity contribution in [3.8, 4) is 22.8 Å². The lowest BCUT2D eigenvalue weighted by molar-refractivity contribution is 0.0705. The number of amides is 1. The molecular weight excluding hydrogens is 360 g/mol. The van der Waals surface area contributed by atoms with Gasteiger partial charge in [-0.3, -0.25) is 4.79 Å². The maximum atomic E-state index is 13.1. The van der Waals surface area contributed by atoms with E-state index in [4.69, 9.17) is 14.0 Å². The van der Waals surface area contributed by atoms with Crippen molar-refractivity contribution < 1.29 is 23.9 Å². The van der Waals surface area contributed by atoms with Gasteiger partial charge in [0.1, 0.15) is 0 Å². The summed E-state index contributed by atoms with van der Waals surface area (Å²) in [6, 6.07) is 16.6. The maximum absolute atomic E-state index is 13.1. The number of hydrogen-bond acceptors (Lipinski definition) is 6. The molecule has 1 aromatic heterocycles. The standard InChI is InChI=1S/C21H18N2O5/c24-15-9-17(13-4-2-1-3-5-13)23(11-15)21(25)16-10-19(28-22-16)14-6-7-18-20(8-14)27-12-26-18/h1-8,10,15,17,24H,9,11-12H2/t15-,17+/m1/s1. The summed E-state index contributed by atoms with van der Waals surface area (Å²) >= 11 is 0. The fourth-order valence-electron chi connectivity index (χ4n) is 3.74. The second-order valence-corrected chi connectivity index (χ2v) is 6.92. The number of rotatable bonds is 3. The third kappa shape index (κ3) is 2.90. The number of fused-ring (bicyclic) bond motifs is 1. The highest BCUT2D eigenvalue weighted by molar-refractivity contribution is 5.93. The number of carbonyl (C=O) groups is 1. The van der Waals surface area contributed by atoms with Gasteiger partial charge >= 0.3 is 0 Å². The van der Waals surface area contributed by atoms with Gasteiger partial charge in [0, 0.05) is 18.2 Å². The van der Waals surface area contributed by atoms with Crippen LogP contribution < -0.4 is 9.47 Å². The van der Waals surface area contributed by atoms with Gasteiger partial charge in [-0.05, 0) is 30.2 Å². The van der Waals surface area contributed by atoms with Crippen molar-refractivity contribution in [2.45, 2.75) is 18.6 Å². The molecule has 142 valence electrons. The summed E-state index contributed by atoms with van der Waals surface area (Å²) in [7, 11) is 0. The van der Waals surface area contributed by atoms with Gasteiger partial charge in [-0.25, -0.2) is 0 Å².